The van der Waals surface area contributed by atoms with Gasteiger partial charge in [0.05, 0.1) is 5.92 Å². The lowest BCUT2D eigenvalue weighted by atomic mass is 9.69. The number of hydrogen-bond acceptors (Lipinski definition) is 2. The van der Waals surface area contributed by atoms with E-state index in [1.165, 1.54) is 19.3 Å². The summed E-state index contributed by atoms with van der Waals surface area (Å²) < 4.78 is 0. The molecule has 2 N–H and O–H groups in total. The molecule has 3 nitrogen and oxygen atoms in total. The summed E-state index contributed by atoms with van der Waals surface area (Å²) in [7, 11) is 0. The average molecular weight is 303 g/mol. The van der Waals surface area contributed by atoms with Crippen LogP contribution in [0.3, 0.4) is 0 Å². The SMILES string of the molecule is CC(C)(C)C1CCCCC1NC(=O)[C@@H]1CCCNC1.Cl. The van der Waals surface area contributed by atoms with E-state index >= 15 is 0 Å². The van der Waals surface area contributed by atoms with Crippen LogP contribution in [0.25, 0.3) is 0 Å². The molecule has 1 aliphatic carbocycles. The van der Waals surface area contributed by atoms with E-state index in [2.05, 4.69) is 31.4 Å². The van der Waals surface area contributed by atoms with Gasteiger partial charge >= 0.3 is 0 Å². The Morgan fingerprint density at radius 2 is 1.80 bits per heavy atom. The molecule has 4 heteroatoms. The Balaban J connectivity index is 0.00000200. The number of halogens is 1. The lowest BCUT2D eigenvalue weighted by Crippen LogP contribution is -2.50. The van der Waals surface area contributed by atoms with Crippen LogP contribution in [-0.2, 0) is 4.79 Å². The van der Waals surface area contributed by atoms with Crippen LogP contribution in [-0.4, -0.2) is 25.0 Å². The number of carbonyl (C=O) groups excluding carboxylic acids is 1. The standard InChI is InChI=1S/C16H30N2O.ClH/c1-16(2,3)13-8-4-5-9-14(13)18-15(19)12-7-6-10-17-11-12;/h12-14,17H,4-11H2,1-3H3,(H,18,19);1H/t12-,13?,14?;/m1./s1. The molecule has 2 rings (SSSR count). The molecule has 1 saturated heterocycles. The first-order valence-corrected chi connectivity index (χ1v) is 7.99. The van der Waals surface area contributed by atoms with E-state index in [9.17, 15) is 4.79 Å². The smallest absolute Gasteiger partial charge is 0.224 e. The summed E-state index contributed by atoms with van der Waals surface area (Å²) in [5.74, 6) is 1.10. The normalized spacial score (nSPS) is 31.2. The van der Waals surface area contributed by atoms with Crippen molar-refractivity contribution >= 4 is 18.3 Å². The Morgan fingerprint density at radius 1 is 1.10 bits per heavy atom. The molecular weight excluding hydrogens is 272 g/mol. The van der Waals surface area contributed by atoms with Gasteiger partial charge in [-0.2, -0.15) is 0 Å². The second-order valence-corrected chi connectivity index (χ2v) is 7.42. The van der Waals surface area contributed by atoms with Crippen LogP contribution in [0.5, 0.6) is 0 Å². The fourth-order valence-corrected chi connectivity index (χ4v) is 3.72. The van der Waals surface area contributed by atoms with Gasteiger partial charge in [-0.1, -0.05) is 33.6 Å². The zero-order chi connectivity index (χ0) is 13.9. The van der Waals surface area contributed by atoms with E-state index in [0.29, 0.717) is 17.4 Å². The third kappa shape index (κ3) is 4.63. The minimum Gasteiger partial charge on any atom is -0.353 e. The number of rotatable bonds is 2. The summed E-state index contributed by atoms with van der Waals surface area (Å²) >= 11 is 0. The molecule has 3 atom stereocenters. The van der Waals surface area contributed by atoms with Gasteiger partial charge in [-0.25, -0.2) is 0 Å². The van der Waals surface area contributed by atoms with Crippen molar-refractivity contribution in [1.29, 1.82) is 0 Å². The molecule has 1 amide bonds. The number of piperidine rings is 1. The van der Waals surface area contributed by atoms with Crippen LogP contribution in [0, 0.1) is 17.3 Å². The van der Waals surface area contributed by atoms with Gasteiger partial charge in [-0.05, 0) is 43.6 Å². The van der Waals surface area contributed by atoms with Gasteiger partial charge in [-0.15, -0.1) is 12.4 Å². The minimum absolute atomic E-state index is 0. The van der Waals surface area contributed by atoms with Gasteiger partial charge in [0.2, 0.25) is 5.91 Å². The highest BCUT2D eigenvalue weighted by Gasteiger charge is 2.35. The second-order valence-electron chi connectivity index (χ2n) is 7.42. The van der Waals surface area contributed by atoms with Crippen LogP contribution >= 0.6 is 12.4 Å². The maximum Gasteiger partial charge on any atom is 0.224 e. The van der Waals surface area contributed by atoms with E-state index in [4.69, 9.17) is 0 Å². The molecular formula is C16H31ClN2O. The van der Waals surface area contributed by atoms with Crippen molar-refractivity contribution in [2.45, 2.75) is 65.3 Å². The fraction of sp³-hybridized carbons (Fsp3) is 0.938. The molecule has 0 aromatic rings. The number of amides is 1. The van der Waals surface area contributed by atoms with Crippen LogP contribution in [0.4, 0.5) is 0 Å². The highest BCUT2D eigenvalue weighted by atomic mass is 35.5. The summed E-state index contributed by atoms with van der Waals surface area (Å²) in [6.07, 6.45) is 7.18. The molecule has 2 aliphatic rings. The number of hydrogen-bond donors (Lipinski definition) is 2. The van der Waals surface area contributed by atoms with Crippen LogP contribution < -0.4 is 10.6 Å². The van der Waals surface area contributed by atoms with E-state index in [0.717, 1.165) is 32.4 Å². The van der Waals surface area contributed by atoms with E-state index in [1.807, 2.05) is 0 Å². The van der Waals surface area contributed by atoms with Crippen molar-refractivity contribution in [2.24, 2.45) is 17.3 Å². The molecule has 1 saturated carbocycles. The molecule has 0 spiro atoms. The average Bonchev–Trinajstić information content (AvgIpc) is 2.39. The Morgan fingerprint density at radius 3 is 2.40 bits per heavy atom. The maximum absolute atomic E-state index is 12.4. The Bertz CT molecular complexity index is 308. The monoisotopic (exact) mass is 302 g/mol. The summed E-state index contributed by atoms with van der Waals surface area (Å²) in [6.45, 7) is 8.86. The summed E-state index contributed by atoms with van der Waals surface area (Å²) in [6, 6.07) is 0.392. The maximum atomic E-state index is 12.4. The van der Waals surface area contributed by atoms with Crippen LogP contribution in [0.2, 0.25) is 0 Å². The van der Waals surface area contributed by atoms with Crippen molar-refractivity contribution in [3.8, 4) is 0 Å². The predicted molar refractivity (Wildman–Crippen MR) is 86.2 cm³/mol. The summed E-state index contributed by atoms with van der Waals surface area (Å²) in [5, 5.41) is 6.70. The molecule has 20 heavy (non-hydrogen) atoms. The first-order chi connectivity index (χ1) is 8.98. The third-order valence-electron chi connectivity index (χ3n) is 4.87. The molecule has 0 aromatic carbocycles. The Kier molecular flexibility index (Phi) is 6.80. The molecule has 2 fully saturated rings. The highest BCUT2D eigenvalue weighted by molar-refractivity contribution is 5.85. The van der Waals surface area contributed by atoms with Crippen LogP contribution in [0.1, 0.15) is 59.3 Å². The predicted octanol–water partition coefficient (Wildman–Crippen LogP) is 3.13. The zero-order valence-electron chi connectivity index (χ0n) is 13.2. The zero-order valence-corrected chi connectivity index (χ0v) is 14.0. The van der Waals surface area contributed by atoms with Gasteiger partial charge in [0.1, 0.15) is 0 Å². The van der Waals surface area contributed by atoms with E-state index in [-0.39, 0.29) is 24.2 Å². The van der Waals surface area contributed by atoms with Gasteiger partial charge in [-0.3, -0.25) is 4.79 Å². The molecule has 1 heterocycles. The van der Waals surface area contributed by atoms with Crippen molar-refractivity contribution in [2.75, 3.05) is 13.1 Å². The quantitative estimate of drug-likeness (QED) is 0.823. The van der Waals surface area contributed by atoms with Gasteiger partial charge < -0.3 is 10.6 Å². The fourth-order valence-electron chi connectivity index (χ4n) is 3.72. The van der Waals surface area contributed by atoms with Crippen molar-refractivity contribution in [1.82, 2.24) is 10.6 Å². The third-order valence-corrected chi connectivity index (χ3v) is 4.87. The first kappa shape index (κ1) is 17.8. The molecule has 2 unspecified atom stereocenters. The summed E-state index contributed by atoms with van der Waals surface area (Å²) in [4.78, 5) is 12.4. The number of nitrogens with one attached hydrogen (secondary N) is 2. The summed E-state index contributed by atoms with van der Waals surface area (Å²) in [5.41, 5.74) is 0.295. The van der Waals surface area contributed by atoms with Crippen LogP contribution in [0.15, 0.2) is 0 Å². The molecule has 118 valence electrons. The van der Waals surface area contributed by atoms with E-state index in [1.54, 1.807) is 0 Å². The largest absolute Gasteiger partial charge is 0.353 e. The Labute approximate surface area is 130 Å². The van der Waals surface area contributed by atoms with Crippen molar-refractivity contribution in [3.63, 3.8) is 0 Å². The topological polar surface area (TPSA) is 41.1 Å². The molecule has 0 bridgehead atoms. The lowest BCUT2D eigenvalue weighted by molar-refractivity contribution is -0.127. The first-order valence-electron chi connectivity index (χ1n) is 7.99. The lowest BCUT2D eigenvalue weighted by Gasteiger charge is -2.41. The van der Waals surface area contributed by atoms with Crippen molar-refractivity contribution in [3.05, 3.63) is 0 Å². The van der Waals surface area contributed by atoms with Gasteiger partial charge in [0.15, 0.2) is 0 Å². The Hall–Kier alpha value is -0.280. The van der Waals surface area contributed by atoms with Gasteiger partial charge in [0.25, 0.3) is 0 Å². The molecule has 0 radical (unpaired) electrons. The molecule has 1 aliphatic heterocycles. The highest BCUT2D eigenvalue weighted by Crippen LogP contribution is 2.38. The minimum atomic E-state index is 0. The van der Waals surface area contributed by atoms with E-state index < -0.39 is 0 Å². The number of carbonyl (C=O) groups is 1. The van der Waals surface area contributed by atoms with Gasteiger partial charge in [0, 0.05) is 12.6 Å². The molecule has 0 aromatic heterocycles. The van der Waals surface area contributed by atoms with Crippen molar-refractivity contribution < 1.29 is 4.79 Å². The second kappa shape index (κ2) is 7.65.